The quantitative estimate of drug-likeness (QED) is 0.868. The van der Waals surface area contributed by atoms with Crippen LogP contribution in [0.15, 0.2) is 45.9 Å². The second-order valence-corrected chi connectivity index (χ2v) is 5.88. The van der Waals surface area contributed by atoms with Crippen LogP contribution in [0.5, 0.6) is 5.75 Å². The first-order chi connectivity index (χ1) is 12.2. The number of furan rings is 1. The van der Waals surface area contributed by atoms with Gasteiger partial charge < -0.3 is 14.3 Å². The van der Waals surface area contributed by atoms with Crippen LogP contribution in [0.25, 0.3) is 0 Å². The molecule has 2 heterocycles. The summed E-state index contributed by atoms with van der Waals surface area (Å²) in [4.78, 5) is 12.2. The fourth-order valence-corrected chi connectivity index (χ4v) is 2.37. The summed E-state index contributed by atoms with van der Waals surface area (Å²) in [6, 6.07) is 9.07. The van der Waals surface area contributed by atoms with Crippen LogP contribution in [0, 0.1) is 0 Å². The summed E-state index contributed by atoms with van der Waals surface area (Å²) < 4.78 is 49.7. The maximum absolute atomic E-state index is 13.0. The summed E-state index contributed by atoms with van der Waals surface area (Å²) in [7, 11) is 0. The second-order valence-electron chi connectivity index (χ2n) is 5.44. The normalized spacial score (nSPS) is 19.8. The number of aliphatic hydroxyl groups is 1. The number of hydrogen-bond donors (Lipinski definition) is 1. The van der Waals surface area contributed by atoms with Gasteiger partial charge in [0.05, 0.1) is 0 Å². The van der Waals surface area contributed by atoms with Crippen molar-refractivity contribution >= 4 is 23.7 Å². The third-order valence-corrected chi connectivity index (χ3v) is 3.89. The lowest BCUT2D eigenvalue weighted by atomic mass is 10.1. The molecule has 26 heavy (non-hydrogen) atoms. The van der Waals surface area contributed by atoms with E-state index in [-0.39, 0.29) is 17.4 Å². The third kappa shape index (κ3) is 3.40. The molecule has 0 fully saturated rings. The van der Waals surface area contributed by atoms with Crippen molar-refractivity contribution in [1.29, 1.82) is 0 Å². The van der Waals surface area contributed by atoms with Gasteiger partial charge in [-0.2, -0.15) is 23.3 Å². The molecule has 10 heteroatoms. The van der Waals surface area contributed by atoms with E-state index in [0.29, 0.717) is 10.8 Å². The minimum atomic E-state index is -5.06. The molecule has 0 aliphatic carbocycles. The van der Waals surface area contributed by atoms with Crippen LogP contribution in [-0.4, -0.2) is 34.1 Å². The molecule has 3 rings (SSSR count). The Kier molecular flexibility index (Phi) is 4.68. The number of nitrogens with zero attached hydrogens (tertiary/aromatic N) is 2. The van der Waals surface area contributed by atoms with Crippen LogP contribution in [0.3, 0.4) is 0 Å². The summed E-state index contributed by atoms with van der Waals surface area (Å²) in [5.74, 6) is -0.908. The molecule has 1 atom stereocenters. The van der Waals surface area contributed by atoms with E-state index in [9.17, 15) is 23.1 Å². The summed E-state index contributed by atoms with van der Waals surface area (Å²) in [6.07, 6.45) is -5.10. The Morgan fingerprint density at radius 2 is 2.00 bits per heavy atom. The number of carbonyl (C=O) groups excluding carboxylic acids is 1. The maximum atomic E-state index is 13.0. The number of ether oxygens (including phenoxy) is 1. The van der Waals surface area contributed by atoms with Gasteiger partial charge in [0.1, 0.15) is 18.1 Å². The first kappa shape index (κ1) is 18.3. The van der Waals surface area contributed by atoms with Gasteiger partial charge in [0.15, 0.2) is 5.76 Å². The summed E-state index contributed by atoms with van der Waals surface area (Å²) in [5, 5.41) is 13.6. The van der Waals surface area contributed by atoms with Gasteiger partial charge in [-0.05, 0) is 36.4 Å². The number of halogens is 4. The zero-order chi connectivity index (χ0) is 18.9. The Labute approximate surface area is 150 Å². The Morgan fingerprint density at radius 1 is 1.31 bits per heavy atom. The smallest absolute Gasteiger partial charge is 0.438 e. The van der Waals surface area contributed by atoms with Crippen molar-refractivity contribution in [2.24, 2.45) is 5.10 Å². The number of carbonyl (C=O) groups is 1. The second kappa shape index (κ2) is 6.65. The van der Waals surface area contributed by atoms with E-state index in [0.717, 1.165) is 6.21 Å². The molecule has 138 valence electrons. The molecule has 0 saturated carbocycles. The SMILES string of the molecule is O=C(c1ccc(COc2ccc(Cl)cc2)o1)N1N=CCC1(O)C(F)(F)F. The fourth-order valence-electron chi connectivity index (χ4n) is 2.25. The van der Waals surface area contributed by atoms with Gasteiger partial charge >= 0.3 is 12.1 Å². The van der Waals surface area contributed by atoms with Gasteiger partial charge in [-0.3, -0.25) is 4.79 Å². The summed E-state index contributed by atoms with van der Waals surface area (Å²) in [6.45, 7) is -0.0539. The molecule has 0 radical (unpaired) electrons. The lowest BCUT2D eigenvalue weighted by molar-refractivity contribution is -0.297. The topological polar surface area (TPSA) is 75.3 Å². The fraction of sp³-hybridized carbons (Fsp3) is 0.250. The van der Waals surface area contributed by atoms with E-state index < -0.39 is 30.0 Å². The molecule has 0 bridgehead atoms. The molecule has 1 N–H and O–H groups in total. The van der Waals surface area contributed by atoms with Gasteiger partial charge in [-0.15, -0.1) is 0 Å². The number of alkyl halides is 3. The Morgan fingerprint density at radius 3 is 2.65 bits per heavy atom. The summed E-state index contributed by atoms with van der Waals surface area (Å²) in [5.41, 5.74) is -3.39. The molecule has 0 spiro atoms. The highest BCUT2D eigenvalue weighted by Crippen LogP contribution is 2.39. The first-order valence-corrected chi connectivity index (χ1v) is 7.72. The molecule has 2 aromatic rings. The average Bonchev–Trinajstić information content (AvgIpc) is 3.21. The van der Waals surface area contributed by atoms with Crippen molar-refractivity contribution in [2.45, 2.75) is 24.9 Å². The van der Waals surface area contributed by atoms with Crippen molar-refractivity contribution in [3.05, 3.63) is 52.9 Å². The largest absolute Gasteiger partial charge is 0.486 e. The standard InChI is InChI=1S/C16H12ClF3N2O4/c17-10-1-3-11(4-2-10)25-9-12-5-6-13(26-12)14(23)22-15(24,7-8-21-22)16(18,19)20/h1-6,8,24H,7,9H2. The van der Waals surface area contributed by atoms with Gasteiger partial charge in [-0.1, -0.05) is 11.6 Å². The highest BCUT2D eigenvalue weighted by Gasteiger charge is 2.61. The lowest BCUT2D eigenvalue weighted by Crippen LogP contribution is -2.56. The van der Waals surface area contributed by atoms with Crippen LogP contribution in [0.4, 0.5) is 13.2 Å². The van der Waals surface area contributed by atoms with E-state index in [1.165, 1.54) is 12.1 Å². The zero-order valence-corrected chi connectivity index (χ0v) is 13.8. The Bertz CT molecular complexity index is 835. The molecule has 1 aromatic heterocycles. The van der Waals surface area contributed by atoms with E-state index in [1.54, 1.807) is 24.3 Å². The van der Waals surface area contributed by atoms with Gasteiger partial charge in [-0.25, -0.2) is 0 Å². The lowest BCUT2D eigenvalue weighted by Gasteiger charge is -2.31. The van der Waals surface area contributed by atoms with Crippen LogP contribution in [0.1, 0.15) is 22.7 Å². The van der Waals surface area contributed by atoms with E-state index in [1.807, 2.05) is 0 Å². The molecule has 0 saturated heterocycles. The Hall–Kier alpha value is -2.52. The van der Waals surface area contributed by atoms with E-state index in [2.05, 4.69) is 5.10 Å². The van der Waals surface area contributed by atoms with Gasteiger partial charge in [0.2, 0.25) is 0 Å². The molecular formula is C16H12ClF3N2O4. The molecule has 1 aromatic carbocycles. The first-order valence-electron chi connectivity index (χ1n) is 7.34. The van der Waals surface area contributed by atoms with Crippen molar-refractivity contribution in [3.8, 4) is 5.75 Å². The molecule has 6 nitrogen and oxygen atoms in total. The number of amides is 1. The molecular weight excluding hydrogens is 377 g/mol. The molecule has 1 unspecified atom stereocenters. The van der Waals surface area contributed by atoms with E-state index >= 15 is 0 Å². The number of hydrogen-bond acceptors (Lipinski definition) is 5. The summed E-state index contributed by atoms with van der Waals surface area (Å²) >= 11 is 5.76. The van der Waals surface area contributed by atoms with Gasteiger partial charge in [0.25, 0.3) is 5.72 Å². The molecule has 1 aliphatic rings. The van der Waals surface area contributed by atoms with Crippen LogP contribution in [0.2, 0.25) is 5.02 Å². The third-order valence-electron chi connectivity index (χ3n) is 3.64. The molecule has 1 amide bonds. The van der Waals surface area contributed by atoms with Crippen molar-refractivity contribution in [2.75, 3.05) is 0 Å². The van der Waals surface area contributed by atoms with E-state index in [4.69, 9.17) is 20.8 Å². The minimum Gasteiger partial charge on any atom is -0.486 e. The van der Waals surface area contributed by atoms with Crippen LogP contribution in [-0.2, 0) is 6.61 Å². The van der Waals surface area contributed by atoms with Crippen LogP contribution >= 0.6 is 11.6 Å². The highest BCUT2D eigenvalue weighted by molar-refractivity contribution is 6.30. The van der Waals surface area contributed by atoms with Gasteiger partial charge in [0, 0.05) is 17.7 Å². The predicted molar refractivity (Wildman–Crippen MR) is 84.8 cm³/mol. The number of rotatable bonds is 4. The highest BCUT2D eigenvalue weighted by atomic mass is 35.5. The predicted octanol–water partition coefficient (Wildman–Crippen LogP) is 3.59. The number of benzene rings is 1. The average molecular weight is 389 g/mol. The number of hydrazone groups is 1. The molecule has 1 aliphatic heterocycles. The van der Waals surface area contributed by atoms with Crippen LogP contribution < -0.4 is 4.74 Å². The zero-order valence-electron chi connectivity index (χ0n) is 13.0. The van der Waals surface area contributed by atoms with Crippen molar-refractivity contribution in [3.63, 3.8) is 0 Å². The van der Waals surface area contributed by atoms with Crippen molar-refractivity contribution in [1.82, 2.24) is 5.01 Å². The van der Waals surface area contributed by atoms with Crippen molar-refractivity contribution < 1.29 is 32.2 Å². The monoisotopic (exact) mass is 388 g/mol. The minimum absolute atomic E-state index is 0.0321. The maximum Gasteiger partial charge on any atom is 0.438 e. The Balaban J connectivity index is 1.70.